The van der Waals surface area contributed by atoms with E-state index in [0.717, 1.165) is 24.6 Å². The maximum absolute atomic E-state index is 5.83. The van der Waals surface area contributed by atoms with Crippen LogP contribution in [0.4, 0.5) is 0 Å². The summed E-state index contributed by atoms with van der Waals surface area (Å²) in [6.07, 6.45) is 5.87. The summed E-state index contributed by atoms with van der Waals surface area (Å²) in [6.45, 7) is 0.631. The van der Waals surface area contributed by atoms with Crippen LogP contribution < -0.4 is 5.73 Å². The minimum atomic E-state index is 0.00845. The van der Waals surface area contributed by atoms with Crippen LogP contribution in [0.15, 0.2) is 4.52 Å². The first-order chi connectivity index (χ1) is 7.84. The lowest BCUT2D eigenvalue weighted by Gasteiger charge is -2.36. The minimum absolute atomic E-state index is 0.00845. The summed E-state index contributed by atoms with van der Waals surface area (Å²) >= 11 is 1.94. The minimum Gasteiger partial charge on any atom is -0.339 e. The van der Waals surface area contributed by atoms with Gasteiger partial charge in [0.05, 0.1) is 10.7 Å². The number of rotatable bonds is 3. The summed E-state index contributed by atoms with van der Waals surface area (Å²) in [6, 6.07) is 0. The molecule has 0 spiro atoms. The van der Waals surface area contributed by atoms with Gasteiger partial charge in [-0.15, -0.1) is 0 Å². The predicted octanol–water partition coefficient (Wildman–Crippen LogP) is 2.02. The second-order valence-corrected chi connectivity index (χ2v) is 6.11. The highest BCUT2D eigenvalue weighted by molar-refractivity contribution is 7.99. The zero-order chi connectivity index (χ0) is 11.0. The summed E-state index contributed by atoms with van der Waals surface area (Å²) in [5.41, 5.74) is 5.84. The second kappa shape index (κ2) is 4.04. The van der Waals surface area contributed by atoms with Crippen LogP contribution in [0.1, 0.15) is 49.1 Å². The molecule has 88 valence electrons. The molecule has 0 bridgehead atoms. The lowest BCUT2D eigenvalue weighted by Crippen LogP contribution is -2.41. The Kier molecular flexibility index (Phi) is 2.67. The van der Waals surface area contributed by atoms with Gasteiger partial charge in [-0.1, -0.05) is 11.6 Å². The number of hydrogen-bond acceptors (Lipinski definition) is 5. The molecule has 3 rings (SSSR count). The molecule has 0 radical (unpaired) electrons. The number of hydrogen-bond donors (Lipinski definition) is 1. The third kappa shape index (κ3) is 1.57. The van der Waals surface area contributed by atoms with E-state index < -0.39 is 0 Å². The molecule has 16 heavy (non-hydrogen) atoms. The number of aromatic nitrogens is 2. The molecule has 1 aliphatic heterocycles. The Morgan fingerprint density at radius 1 is 1.44 bits per heavy atom. The topological polar surface area (TPSA) is 64.9 Å². The largest absolute Gasteiger partial charge is 0.339 e. The third-order valence-electron chi connectivity index (χ3n) is 3.81. The van der Waals surface area contributed by atoms with E-state index in [1.807, 2.05) is 11.8 Å². The smallest absolute Gasteiger partial charge is 0.234 e. The normalized spacial score (nSPS) is 27.9. The van der Waals surface area contributed by atoms with Crippen molar-refractivity contribution in [1.29, 1.82) is 0 Å². The molecule has 1 aromatic heterocycles. The van der Waals surface area contributed by atoms with Crippen LogP contribution in [0.3, 0.4) is 0 Å². The molecular formula is C11H17N3OS. The van der Waals surface area contributed by atoms with Gasteiger partial charge in [0.2, 0.25) is 5.89 Å². The number of nitrogens with zero attached hydrogens (tertiary/aromatic N) is 2. The van der Waals surface area contributed by atoms with E-state index in [4.69, 9.17) is 10.3 Å². The maximum atomic E-state index is 5.83. The highest BCUT2D eigenvalue weighted by Gasteiger charge is 2.43. The lowest BCUT2D eigenvalue weighted by atomic mass is 9.69. The van der Waals surface area contributed by atoms with E-state index in [1.54, 1.807) is 0 Å². The molecule has 1 atom stereocenters. The highest BCUT2D eigenvalue weighted by atomic mass is 32.2. The van der Waals surface area contributed by atoms with Crippen molar-refractivity contribution in [2.24, 2.45) is 5.73 Å². The molecule has 4 nitrogen and oxygen atoms in total. The quantitative estimate of drug-likeness (QED) is 0.874. The zero-order valence-corrected chi connectivity index (χ0v) is 10.1. The lowest BCUT2D eigenvalue weighted by molar-refractivity contribution is 0.181. The SMILES string of the molecule is NCC1(c2nc(C3CCCS3)no2)CCC1. The fourth-order valence-corrected chi connectivity index (χ4v) is 3.67. The first-order valence-corrected chi connectivity index (χ1v) is 7.05. The monoisotopic (exact) mass is 239 g/mol. The van der Waals surface area contributed by atoms with Crippen molar-refractivity contribution in [3.05, 3.63) is 11.7 Å². The van der Waals surface area contributed by atoms with Crippen molar-refractivity contribution >= 4 is 11.8 Å². The highest BCUT2D eigenvalue weighted by Crippen LogP contribution is 2.44. The average molecular weight is 239 g/mol. The van der Waals surface area contributed by atoms with Gasteiger partial charge in [0.1, 0.15) is 0 Å². The van der Waals surface area contributed by atoms with Crippen molar-refractivity contribution in [2.75, 3.05) is 12.3 Å². The predicted molar refractivity (Wildman–Crippen MR) is 63.3 cm³/mol. The Morgan fingerprint density at radius 3 is 2.88 bits per heavy atom. The molecule has 1 aliphatic carbocycles. The van der Waals surface area contributed by atoms with Crippen LogP contribution in [0.5, 0.6) is 0 Å². The van der Waals surface area contributed by atoms with E-state index in [9.17, 15) is 0 Å². The average Bonchev–Trinajstić information content (AvgIpc) is 2.86. The van der Waals surface area contributed by atoms with Crippen LogP contribution >= 0.6 is 11.8 Å². The van der Waals surface area contributed by atoms with Crippen LogP contribution in [-0.2, 0) is 5.41 Å². The molecule has 1 saturated heterocycles. The van der Waals surface area contributed by atoms with Gasteiger partial charge in [-0.05, 0) is 31.4 Å². The van der Waals surface area contributed by atoms with Crippen molar-refractivity contribution in [2.45, 2.75) is 42.8 Å². The van der Waals surface area contributed by atoms with Crippen molar-refractivity contribution < 1.29 is 4.52 Å². The zero-order valence-electron chi connectivity index (χ0n) is 9.32. The van der Waals surface area contributed by atoms with Gasteiger partial charge in [-0.2, -0.15) is 16.7 Å². The molecule has 2 heterocycles. The first kappa shape index (κ1) is 10.6. The Labute approximate surface area is 99.4 Å². The standard InChI is InChI=1S/C11H17N3OS/c12-7-11(4-2-5-11)10-13-9(14-15-10)8-3-1-6-16-8/h8H,1-7,12H2. The van der Waals surface area contributed by atoms with Gasteiger partial charge in [0.25, 0.3) is 0 Å². The van der Waals surface area contributed by atoms with Crippen molar-refractivity contribution in [1.82, 2.24) is 10.1 Å². The van der Waals surface area contributed by atoms with E-state index in [2.05, 4.69) is 10.1 Å². The van der Waals surface area contributed by atoms with Crippen molar-refractivity contribution in [3.8, 4) is 0 Å². The fraction of sp³-hybridized carbons (Fsp3) is 0.818. The molecule has 2 fully saturated rings. The van der Waals surface area contributed by atoms with Gasteiger partial charge < -0.3 is 10.3 Å². The van der Waals surface area contributed by atoms with Gasteiger partial charge in [-0.25, -0.2) is 0 Å². The van der Waals surface area contributed by atoms with Crippen molar-refractivity contribution in [3.63, 3.8) is 0 Å². The second-order valence-electron chi connectivity index (χ2n) is 4.80. The van der Waals surface area contributed by atoms with E-state index >= 15 is 0 Å². The first-order valence-electron chi connectivity index (χ1n) is 6.00. The van der Waals surface area contributed by atoms with E-state index in [0.29, 0.717) is 11.8 Å². The summed E-state index contributed by atoms with van der Waals surface area (Å²) in [5.74, 6) is 2.89. The van der Waals surface area contributed by atoms with Gasteiger partial charge in [0.15, 0.2) is 5.82 Å². The fourth-order valence-electron chi connectivity index (χ4n) is 2.47. The molecule has 5 heteroatoms. The summed E-state index contributed by atoms with van der Waals surface area (Å²) in [5, 5.41) is 4.58. The Bertz CT molecular complexity index is 364. The molecule has 1 aromatic rings. The van der Waals surface area contributed by atoms with E-state index in [-0.39, 0.29) is 5.41 Å². The molecular weight excluding hydrogens is 222 g/mol. The van der Waals surface area contributed by atoms with Gasteiger partial charge in [0, 0.05) is 6.54 Å². The molecule has 2 N–H and O–H groups in total. The Hall–Kier alpha value is -0.550. The molecule has 0 aromatic carbocycles. The Morgan fingerprint density at radius 2 is 2.31 bits per heavy atom. The molecule has 1 saturated carbocycles. The van der Waals surface area contributed by atoms with Crippen LogP contribution in [0.2, 0.25) is 0 Å². The summed E-state index contributed by atoms with van der Waals surface area (Å²) in [7, 11) is 0. The molecule has 1 unspecified atom stereocenters. The van der Waals surface area contributed by atoms with Gasteiger partial charge in [-0.3, -0.25) is 0 Å². The van der Waals surface area contributed by atoms with Crippen LogP contribution in [-0.4, -0.2) is 22.4 Å². The Balaban J connectivity index is 1.81. The molecule has 0 amide bonds. The maximum Gasteiger partial charge on any atom is 0.234 e. The van der Waals surface area contributed by atoms with Crippen LogP contribution in [0, 0.1) is 0 Å². The van der Waals surface area contributed by atoms with Crippen LogP contribution in [0.25, 0.3) is 0 Å². The number of thioether (sulfide) groups is 1. The third-order valence-corrected chi connectivity index (χ3v) is 5.19. The summed E-state index contributed by atoms with van der Waals surface area (Å²) in [4.78, 5) is 4.58. The number of nitrogens with two attached hydrogens (primary N) is 1. The summed E-state index contributed by atoms with van der Waals surface area (Å²) < 4.78 is 5.42. The van der Waals surface area contributed by atoms with Gasteiger partial charge >= 0.3 is 0 Å². The molecule has 2 aliphatic rings. The van der Waals surface area contributed by atoms with E-state index in [1.165, 1.54) is 25.0 Å².